The maximum absolute atomic E-state index is 12.3. The van der Waals surface area contributed by atoms with Gasteiger partial charge in [-0.15, -0.1) is 0 Å². The topological polar surface area (TPSA) is 46.2 Å². The van der Waals surface area contributed by atoms with Gasteiger partial charge in [0, 0.05) is 6.42 Å². The Balaban J connectivity index is 2.86. The van der Waals surface area contributed by atoms with Crippen LogP contribution in [0.3, 0.4) is 0 Å². The summed E-state index contributed by atoms with van der Waals surface area (Å²) < 4.78 is 0. The molecule has 0 saturated carbocycles. The maximum Gasteiger partial charge on any atom is 0.276 e. The van der Waals surface area contributed by atoms with Crippen LogP contribution in [-0.4, -0.2) is 35.2 Å². The number of carbonyl (C=O) groups excluding carboxylic acids is 2. The predicted octanol–water partition coefficient (Wildman–Crippen LogP) is 2.46. The van der Waals surface area contributed by atoms with E-state index in [9.17, 15) is 9.59 Å². The molecule has 0 aliphatic rings. The van der Waals surface area contributed by atoms with Crippen molar-refractivity contribution >= 4 is 33.0 Å². The lowest BCUT2D eigenvalue weighted by molar-refractivity contribution is -0.112. The highest BCUT2D eigenvalue weighted by molar-refractivity contribution is 8.43. The summed E-state index contributed by atoms with van der Waals surface area (Å²) in [5.74, 6) is 0. The van der Waals surface area contributed by atoms with Crippen molar-refractivity contribution in [2.24, 2.45) is 0 Å². The fourth-order valence-electron chi connectivity index (χ4n) is 1.62. The zero-order valence-electron chi connectivity index (χ0n) is 10.8. The highest BCUT2D eigenvalue weighted by Crippen LogP contribution is 2.37. The summed E-state index contributed by atoms with van der Waals surface area (Å²) in [5.41, 5.74) is 1.03. The number of hydrogen-bond donors (Lipinski definition) is 2. The van der Waals surface area contributed by atoms with Gasteiger partial charge in [0.05, 0.1) is 0 Å². The molecule has 1 atom stereocenters. The predicted molar refractivity (Wildman–Crippen MR) is 81.8 cm³/mol. The summed E-state index contributed by atoms with van der Waals surface area (Å²) in [4.78, 5) is 23.4. The minimum absolute atomic E-state index is 0.0914. The van der Waals surface area contributed by atoms with Crippen molar-refractivity contribution in [3.63, 3.8) is 0 Å². The van der Waals surface area contributed by atoms with Gasteiger partial charge in [-0.05, 0) is 24.3 Å². The van der Waals surface area contributed by atoms with E-state index in [0.717, 1.165) is 5.56 Å². The highest BCUT2D eigenvalue weighted by atomic mass is 32.3. The van der Waals surface area contributed by atoms with Crippen LogP contribution in [0.25, 0.3) is 0 Å². The van der Waals surface area contributed by atoms with Gasteiger partial charge >= 0.3 is 0 Å². The minimum atomic E-state index is -1.36. The maximum atomic E-state index is 12.3. The number of thiol groups is 1. The summed E-state index contributed by atoms with van der Waals surface area (Å²) in [5, 5.41) is 2.26. The second-order valence-electron chi connectivity index (χ2n) is 4.85. The molecule has 0 radical (unpaired) electrons. The Kier molecular flexibility index (Phi) is 5.28. The number of benzene rings is 1. The molecule has 1 rings (SSSR count). The first-order chi connectivity index (χ1) is 8.30. The molecule has 1 unspecified atom stereocenters. The SMILES string of the molecule is CS(C)(C)C(=O)C(Cc1ccccc1)NC(=O)S. The zero-order chi connectivity index (χ0) is 13.8. The van der Waals surface area contributed by atoms with Gasteiger partial charge in [-0.25, -0.2) is 0 Å². The van der Waals surface area contributed by atoms with Gasteiger partial charge in [-0.2, -0.15) is 10.0 Å². The molecule has 0 fully saturated rings. The van der Waals surface area contributed by atoms with Gasteiger partial charge < -0.3 is 5.32 Å². The fraction of sp³-hybridized carbons (Fsp3) is 0.385. The molecule has 0 heterocycles. The molecule has 0 bridgehead atoms. The van der Waals surface area contributed by atoms with Gasteiger partial charge in [0.25, 0.3) is 5.24 Å². The molecule has 0 aliphatic carbocycles. The Morgan fingerprint density at radius 2 is 1.78 bits per heavy atom. The summed E-state index contributed by atoms with van der Waals surface area (Å²) in [6.45, 7) is 0. The summed E-state index contributed by atoms with van der Waals surface area (Å²) in [6, 6.07) is 9.16. The molecule has 1 aromatic carbocycles. The number of hydrogen-bond acceptors (Lipinski definition) is 2. The first-order valence-electron chi connectivity index (χ1n) is 5.56. The third-order valence-electron chi connectivity index (χ3n) is 2.47. The Bertz CT molecular complexity index is 426. The van der Waals surface area contributed by atoms with E-state index in [1.54, 1.807) is 0 Å². The van der Waals surface area contributed by atoms with E-state index in [1.165, 1.54) is 0 Å². The van der Waals surface area contributed by atoms with E-state index < -0.39 is 21.3 Å². The molecule has 3 nitrogen and oxygen atoms in total. The molecule has 100 valence electrons. The summed E-state index contributed by atoms with van der Waals surface area (Å²) in [6.07, 6.45) is 6.30. The van der Waals surface area contributed by atoms with Gasteiger partial charge in [0.1, 0.15) is 6.04 Å². The number of amides is 1. The summed E-state index contributed by atoms with van der Waals surface area (Å²) >= 11 is 3.70. The van der Waals surface area contributed by atoms with Crippen LogP contribution >= 0.6 is 22.7 Å². The van der Waals surface area contributed by atoms with Crippen LogP contribution in [0, 0.1) is 0 Å². The lowest BCUT2D eigenvalue weighted by Crippen LogP contribution is -2.41. The molecule has 18 heavy (non-hydrogen) atoms. The van der Waals surface area contributed by atoms with Crippen molar-refractivity contribution in [2.75, 3.05) is 18.8 Å². The smallest absolute Gasteiger partial charge is 0.276 e. The second kappa shape index (κ2) is 6.29. The average Bonchev–Trinajstić information content (AvgIpc) is 2.26. The van der Waals surface area contributed by atoms with Crippen LogP contribution in [0.5, 0.6) is 0 Å². The van der Waals surface area contributed by atoms with Crippen LogP contribution in [0.1, 0.15) is 5.56 Å². The van der Waals surface area contributed by atoms with Gasteiger partial charge in [-0.3, -0.25) is 9.59 Å². The van der Waals surface area contributed by atoms with Gasteiger partial charge in [-0.1, -0.05) is 43.0 Å². The molecule has 1 N–H and O–H groups in total. The van der Waals surface area contributed by atoms with Crippen molar-refractivity contribution in [3.8, 4) is 0 Å². The molecule has 0 spiro atoms. The van der Waals surface area contributed by atoms with Crippen LogP contribution in [0.15, 0.2) is 30.3 Å². The first-order valence-corrected chi connectivity index (χ1v) is 8.87. The van der Waals surface area contributed by atoms with Crippen molar-refractivity contribution in [1.82, 2.24) is 5.32 Å². The lowest BCUT2D eigenvalue weighted by Gasteiger charge is -2.29. The molecule has 0 aromatic heterocycles. The molecular formula is C13H19NO2S2. The van der Waals surface area contributed by atoms with Crippen LogP contribution in [-0.2, 0) is 11.2 Å². The largest absolute Gasteiger partial charge is 0.336 e. The fourth-order valence-corrected chi connectivity index (χ4v) is 2.77. The Morgan fingerprint density at radius 3 is 2.22 bits per heavy atom. The quantitative estimate of drug-likeness (QED) is 0.835. The van der Waals surface area contributed by atoms with E-state index in [2.05, 4.69) is 17.9 Å². The van der Waals surface area contributed by atoms with Crippen molar-refractivity contribution < 1.29 is 9.59 Å². The first kappa shape index (κ1) is 15.1. The monoisotopic (exact) mass is 285 g/mol. The third-order valence-corrected chi connectivity index (χ3v) is 4.09. The summed E-state index contributed by atoms with van der Waals surface area (Å²) in [7, 11) is -1.36. The number of nitrogens with one attached hydrogen (secondary N) is 1. The standard InChI is InChI=1S/C13H19NO2S2/c1-18(2,3)12(15)11(14-13(16)17)9-10-7-5-4-6-8-10/h4-8,11H,9H2,1-3H3,(H2,14,16,17). The van der Waals surface area contributed by atoms with Gasteiger partial charge in [0.2, 0.25) is 0 Å². The Labute approximate surface area is 115 Å². The molecule has 0 aliphatic heterocycles. The van der Waals surface area contributed by atoms with Gasteiger partial charge in [0.15, 0.2) is 5.12 Å². The highest BCUT2D eigenvalue weighted by Gasteiger charge is 2.27. The van der Waals surface area contributed by atoms with E-state index in [4.69, 9.17) is 0 Å². The molecule has 1 aromatic rings. The van der Waals surface area contributed by atoms with Crippen molar-refractivity contribution in [3.05, 3.63) is 35.9 Å². The molecular weight excluding hydrogens is 266 g/mol. The molecule has 0 saturated heterocycles. The van der Waals surface area contributed by atoms with E-state index in [0.29, 0.717) is 6.42 Å². The van der Waals surface area contributed by atoms with Crippen LogP contribution in [0.2, 0.25) is 0 Å². The average molecular weight is 285 g/mol. The van der Waals surface area contributed by atoms with E-state index in [1.807, 2.05) is 49.1 Å². The molecule has 1 amide bonds. The third kappa shape index (κ3) is 4.74. The zero-order valence-corrected chi connectivity index (χ0v) is 12.6. The number of rotatable bonds is 4. The van der Waals surface area contributed by atoms with Crippen LogP contribution in [0.4, 0.5) is 4.79 Å². The molecule has 5 heteroatoms. The van der Waals surface area contributed by atoms with Crippen molar-refractivity contribution in [1.29, 1.82) is 0 Å². The lowest BCUT2D eigenvalue weighted by atomic mass is 10.1. The van der Waals surface area contributed by atoms with Crippen molar-refractivity contribution in [2.45, 2.75) is 12.5 Å². The van der Waals surface area contributed by atoms with Crippen LogP contribution < -0.4 is 5.32 Å². The minimum Gasteiger partial charge on any atom is -0.336 e. The van der Waals surface area contributed by atoms with E-state index in [-0.39, 0.29) is 5.12 Å². The second-order valence-corrected chi connectivity index (χ2v) is 9.33. The Morgan fingerprint density at radius 1 is 1.22 bits per heavy atom. The number of carbonyl (C=O) groups is 2. The van der Waals surface area contributed by atoms with E-state index >= 15 is 0 Å². The normalized spacial score (nSPS) is 13.8. The Hall–Kier alpha value is -0.940.